The van der Waals surface area contributed by atoms with Gasteiger partial charge in [0.05, 0.1) is 6.67 Å². The molecule has 11 heavy (non-hydrogen) atoms. The van der Waals surface area contributed by atoms with Crippen molar-refractivity contribution in [2.45, 2.75) is 19.3 Å². The summed E-state index contributed by atoms with van der Waals surface area (Å²) in [5.41, 5.74) is 0. The van der Waals surface area contributed by atoms with Gasteiger partial charge in [0.1, 0.15) is 5.82 Å². The third kappa shape index (κ3) is 3.98. The summed E-state index contributed by atoms with van der Waals surface area (Å²) in [5, 5.41) is 0. The minimum absolute atomic E-state index is 0. The average Bonchev–Trinajstić information content (AvgIpc) is 2.41. The van der Waals surface area contributed by atoms with Crippen molar-refractivity contribution in [3.8, 4) is 0 Å². The number of hydrogen-bond acceptors (Lipinski definition) is 1. The van der Waals surface area contributed by atoms with Gasteiger partial charge in [-0.1, -0.05) is 0 Å². The average molecular weight is 179 g/mol. The number of unbranched alkanes of at least 4 members (excludes halogenated alkanes) is 1. The Morgan fingerprint density at radius 1 is 1.45 bits per heavy atom. The summed E-state index contributed by atoms with van der Waals surface area (Å²) in [4.78, 5) is 6.97. The van der Waals surface area contributed by atoms with Gasteiger partial charge in [-0.05, 0) is 12.8 Å². The fourth-order valence-electron chi connectivity index (χ4n) is 0.822. The molecule has 0 aliphatic carbocycles. The van der Waals surface area contributed by atoms with Crippen molar-refractivity contribution in [1.82, 2.24) is 9.97 Å². The number of rotatable bonds is 4. The highest BCUT2D eigenvalue weighted by Gasteiger charge is 1.92. The van der Waals surface area contributed by atoms with Gasteiger partial charge in [0.15, 0.2) is 0 Å². The van der Waals surface area contributed by atoms with Crippen LogP contribution in [0.5, 0.6) is 0 Å². The Kier molecular flexibility index (Phi) is 5.84. The van der Waals surface area contributed by atoms with Crippen molar-refractivity contribution in [2.24, 2.45) is 0 Å². The van der Waals surface area contributed by atoms with Crippen molar-refractivity contribution in [3.05, 3.63) is 18.2 Å². The maximum absolute atomic E-state index is 11.6. The highest BCUT2D eigenvalue weighted by Crippen LogP contribution is 1.97. The number of imidazole rings is 1. The lowest BCUT2D eigenvalue weighted by atomic mass is 10.2. The summed E-state index contributed by atoms with van der Waals surface area (Å²) < 4.78 is 11.6. The van der Waals surface area contributed by atoms with Crippen LogP contribution in [0, 0.1) is 0 Å². The molecule has 0 amide bonds. The first-order valence-corrected chi connectivity index (χ1v) is 3.47. The van der Waals surface area contributed by atoms with Crippen LogP contribution in [0.1, 0.15) is 18.7 Å². The predicted molar refractivity (Wildman–Crippen MR) is 44.7 cm³/mol. The molecule has 4 heteroatoms. The zero-order chi connectivity index (χ0) is 7.23. The van der Waals surface area contributed by atoms with Crippen LogP contribution >= 0.6 is 12.4 Å². The first kappa shape index (κ1) is 10.4. The van der Waals surface area contributed by atoms with Gasteiger partial charge in [-0.15, -0.1) is 12.4 Å². The lowest BCUT2D eigenvalue weighted by Crippen LogP contribution is -1.88. The van der Waals surface area contributed by atoms with Gasteiger partial charge in [-0.25, -0.2) is 4.98 Å². The van der Waals surface area contributed by atoms with Gasteiger partial charge in [-0.2, -0.15) is 0 Å². The van der Waals surface area contributed by atoms with Crippen molar-refractivity contribution in [2.75, 3.05) is 6.67 Å². The number of nitrogens with zero attached hydrogens (tertiary/aromatic N) is 1. The molecule has 0 spiro atoms. The smallest absolute Gasteiger partial charge is 0.105 e. The van der Waals surface area contributed by atoms with Crippen molar-refractivity contribution in [1.29, 1.82) is 0 Å². The van der Waals surface area contributed by atoms with E-state index in [0.29, 0.717) is 6.42 Å². The highest BCUT2D eigenvalue weighted by atomic mass is 35.5. The number of H-pyrrole nitrogens is 1. The highest BCUT2D eigenvalue weighted by molar-refractivity contribution is 5.85. The molecule has 1 aromatic rings. The lowest BCUT2D eigenvalue weighted by Gasteiger charge is -1.92. The number of aromatic amines is 1. The summed E-state index contributed by atoms with van der Waals surface area (Å²) in [7, 11) is 0. The van der Waals surface area contributed by atoms with Crippen LogP contribution in [0.2, 0.25) is 0 Å². The van der Waals surface area contributed by atoms with Crippen LogP contribution in [0.15, 0.2) is 12.4 Å². The van der Waals surface area contributed by atoms with E-state index in [2.05, 4.69) is 9.97 Å². The second-order valence-corrected chi connectivity index (χ2v) is 2.18. The lowest BCUT2D eigenvalue weighted by molar-refractivity contribution is 0.460. The third-order valence-electron chi connectivity index (χ3n) is 1.35. The van der Waals surface area contributed by atoms with Crippen LogP contribution in [0.3, 0.4) is 0 Å². The van der Waals surface area contributed by atoms with E-state index < -0.39 is 0 Å². The molecule has 0 radical (unpaired) electrons. The summed E-state index contributed by atoms with van der Waals surface area (Å²) >= 11 is 0. The minimum Gasteiger partial charge on any atom is -0.349 e. The number of nitrogens with one attached hydrogen (secondary N) is 1. The molecule has 0 aliphatic rings. The molecule has 0 bridgehead atoms. The Balaban J connectivity index is 0.000001000. The Morgan fingerprint density at radius 3 is 2.82 bits per heavy atom. The zero-order valence-electron chi connectivity index (χ0n) is 6.22. The van der Waals surface area contributed by atoms with Gasteiger partial charge >= 0.3 is 0 Å². The number of aromatic nitrogens is 2. The second kappa shape index (κ2) is 6.16. The summed E-state index contributed by atoms with van der Waals surface area (Å²) in [5.74, 6) is 0.952. The van der Waals surface area contributed by atoms with E-state index in [-0.39, 0.29) is 19.1 Å². The van der Waals surface area contributed by atoms with Crippen LogP contribution < -0.4 is 0 Å². The van der Waals surface area contributed by atoms with Crippen LogP contribution in [-0.2, 0) is 6.42 Å². The minimum atomic E-state index is -0.222. The largest absolute Gasteiger partial charge is 0.349 e. The van der Waals surface area contributed by atoms with E-state index in [1.165, 1.54) is 0 Å². The summed E-state index contributed by atoms with van der Waals surface area (Å²) in [6, 6.07) is 0. The topological polar surface area (TPSA) is 28.7 Å². The van der Waals surface area contributed by atoms with Crippen LogP contribution in [0.4, 0.5) is 4.39 Å². The van der Waals surface area contributed by atoms with E-state index in [9.17, 15) is 4.39 Å². The van der Waals surface area contributed by atoms with Crippen molar-refractivity contribution in [3.63, 3.8) is 0 Å². The predicted octanol–water partition coefficient (Wildman–Crippen LogP) is 2.12. The first-order valence-electron chi connectivity index (χ1n) is 3.47. The number of hydrogen-bond donors (Lipinski definition) is 1. The first-order chi connectivity index (χ1) is 4.93. The van der Waals surface area contributed by atoms with Gasteiger partial charge in [0, 0.05) is 18.8 Å². The van der Waals surface area contributed by atoms with Gasteiger partial charge in [-0.3, -0.25) is 4.39 Å². The number of halogens is 2. The van der Waals surface area contributed by atoms with E-state index >= 15 is 0 Å². The molecule has 0 saturated heterocycles. The van der Waals surface area contributed by atoms with E-state index in [0.717, 1.165) is 18.7 Å². The summed E-state index contributed by atoms with van der Waals surface area (Å²) in [6.45, 7) is -0.222. The van der Waals surface area contributed by atoms with Gasteiger partial charge in [0.2, 0.25) is 0 Å². The Bertz CT molecular complexity index is 165. The molecule has 1 N–H and O–H groups in total. The Morgan fingerprint density at radius 2 is 2.27 bits per heavy atom. The molecule has 0 aromatic carbocycles. The second-order valence-electron chi connectivity index (χ2n) is 2.18. The molecular weight excluding hydrogens is 167 g/mol. The van der Waals surface area contributed by atoms with Crippen molar-refractivity contribution >= 4 is 12.4 Å². The fourth-order valence-corrected chi connectivity index (χ4v) is 0.822. The molecule has 0 saturated carbocycles. The monoisotopic (exact) mass is 178 g/mol. The molecule has 1 rings (SSSR count). The molecule has 64 valence electrons. The quantitative estimate of drug-likeness (QED) is 0.704. The molecule has 1 aromatic heterocycles. The van der Waals surface area contributed by atoms with E-state index in [4.69, 9.17) is 0 Å². The molecule has 1 heterocycles. The fraction of sp³-hybridized carbons (Fsp3) is 0.571. The number of alkyl halides is 1. The van der Waals surface area contributed by atoms with E-state index in [1.54, 1.807) is 12.4 Å². The molecule has 2 nitrogen and oxygen atoms in total. The van der Waals surface area contributed by atoms with Crippen molar-refractivity contribution < 1.29 is 4.39 Å². The Hall–Kier alpha value is -0.570. The standard InChI is InChI=1S/C7H11FN2.ClH/c8-4-2-1-3-7-9-5-6-10-7;/h5-6H,1-4H2,(H,9,10);1H. The molecule has 0 fully saturated rings. The van der Waals surface area contributed by atoms with Gasteiger partial charge in [0.25, 0.3) is 0 Å². The molecule has 0 unspecified atom stereocenters. The maximum atomic E-state index is 11.6. The molecular formula is C7H12ClFN2. The maximum Gasteiger partial charge on any atom is 0.105 e. The summed E-state index contributed by atoms with van der Waals surface area (Å²) in [6.07, 6.45) is 5.87. The molecule has 0 atom stereocenters. The van der Waals surface area contributed by atoms with Gasteiger partial charge < -0.3 is 4.98 Å². The molecule has 0 aliphatic heterocycles. The van der Waals surface area contributed by atoms with Crippen LogP contribution in [0.25, 0.3) is 0 Å². The Labute approximate surface area is 71.6 Å². The zero-order valence-corrected chi connectivity index (χ0v) is 7.03. The van der Waals surface area contributed by atoms with Crippen LogP contribution in [-0.4, -0.2) is 16.6 Å². The normalized spacial score (nSPS) is 9.18. The number of aryl methyl sites for hydroxylation is 1. The SMILES string of the molecule is Cl.FCCCCc1ncc[nH]1. The van der Waals surface area contributed by atoms with E-state index in [1.807, 2.05) is 0 Å². The third-order valence-corrected chi connectivity index (χ3v) is 1.35.